The Balaban J connectivity index is 1.30. The minimum Gasteiger partial charge on any atom is -0.208 e. The van der Waals surface area contributed by atoms with E-state index in [1.54, 1.807) is 0 Å². The van der Waals surface area contributed by atoms with E-state index in [0.717, 1.165) is 21.9 Å². The molecule has 0 saturated heterocycles. The Kier molecular flexibility index (Phi) is 4.48. The molecule has 1 aromatic heterocycles. The van der Waals surface area contributed by atoms with E-state index in [2.05, 4.69) is 0 Å². The highest BCUT2D eigenvalue weighted by Crippen LogP contribution is 2.33. The van der Waals surface area contributed by atoms with E-state index in [9.17, 15) is 4.11 Å². The summed E-state index contributed by atoms with van der Waals surface area (Å²) in [6.45, 7) is 0. The van der Waals surface area contributed by atoms with Crippen LogP contribution in [0.2, 0.25) is 0 Å². The molecule has 0 aliphatic rings. The topological polar surface area (TPSA) is 38.7 Å². The second-order valence-corrected chi connectivity index (χ2v) is 11.3. The van der Waals surface area contributed by atoms with E-state index in [-0.39, 0.29) is 23.0 Å². The third-order valence-corrected chi connectivity index (χ3v) is 8.14. The molecule has 50 heavy (non-hydrogen) atoms. The van der Waals surface area contributed by atoms with E-state index in [0.29, 0.717) is 11.1 Å². The van der Waals surface area contributed by atoms with Gasteiger partial charge in [0.25, 0.3) is 0 Å². The summed E-state index contributed by atoms with van der Waals surface area (Å²) in [7, 11) is 0. The van der Waals surface area contributed by atoms with Crippen LogP contribution in [0.1, 0.15) is 20.6 Å². The minimum atomic E-state index is -0.798. The van der Waals surface area contributed by atoms with Gasteiger partial charge in [0.15, 0.2) is 17.5 Å². The number of nitrogens with zero attached hydrogens (tertiary/aromatic N) is 3. The summed E-state index contributed by atoms with van der Waals surface area (Å²) in [6, 6.07) is 19.2. The van der Waals surface area contributed by atoms with Gasteiger partial charge in [-0.15, -0.1) is 0 Å². The van der Waals surface area contributed by atoms with Gasteiger partial charge in [0, 0.05) is 16.7 Å². The van der Waals surface area contributed by atoms with Crippen molar-refractivity contribution in [1.29, 1.82) is 0 Å². The van der Waals surface area contributed by atoms with E-state index in [1.807, 2.05) is 97.1 Å². The average molecular weight is 653 g/mol. The van der Waals surface area contributed by atoms with Crippen molar-refractivity contribution >= 4 is 21.5 Å². The molecular weight excluding hydrogens is 607 g/mol. The maximum Gasteiger partial charge on any atom is 0.164 e. The van der Waals surface area contributed by atoms with Crippen LogP contribution in [0.25, 0.3) is 89.1 Å². The third kappa shape index (κ3) is 5.72. The molecule has 0 atom stereocenters. The fraction of sp³-hybridized carbons (Fsp3) is 0. The Bertz CT molecular complexity index is 3460. The largest absolute Gasteiger partial charge is 0.208 e. The molecule has 1 heterocycles. The molecule has 234 valence electrons. The average Bonchev–Trinajstić information content (AvgIpc) is 3.32. The smallest absolute Gasteiger partial charge is 0.164 e. The van der Waals surface area contributed by atoms with Gasteiger partial charge in [-0.1, -0.05) is 170 Å². The molecule has 0 saturated carbocycles. The number of fused-ring (bicyclic) bond motifs is 2. The first kappa shape index (κ1) is 17.6. The number of hydrogen-bond donors (Lipinski definition) is 0. The lowest BCUT2D eigenvalue weighted by Crippen LogP contribution is -2.00. The lowest BCUT2D eigenvalue weighted by Gasteiger charge is -2.12. The predicted octanol–water partition coefficient (Wildman–Crippen LogP) is 12.2. The molecule has 3 nitrogen and oxygen atoms in total. The molecule has 0 aliphatic carbocycles. The Morgan fingerprint density at radius 3 is 1.66 bits per heavy atom. The quantitative estimate of drug-likeness (QED) is 0.179. The van der Waals surface area contributed by atoms with Gasteiger partial charge in [0.1, 0.15) is 0 Å². The normalized spacial score (nSPS) is 15.4. The lowest BCUT2D eigenvalue weighted by molar-refractivity contribution is 1.08. The SMILES string of the molecule is [2H]c1c([2H])c([2H])c(-c2c([2H])c([2H])c3c([2H])c(-c4c([2H])c([2H])c([2H])c(-c5nc(-c6ccc(-c7ccccc7)cc6)nc(-c6cccc7ccccc67)n5)c4[2H])c([2H])c([2H])c3c2[2H])c([2H])c1[2H]. The van der Waals surface area contributed by atoms with Gasteiger partial charge in [-0.3, -0.25) is 0 Å². The predicted molar refractivity (Wildman–Crippen MR) is 207 cm³/mol. The van der Waals surface area contributed by atoms with Gasteiger partial charge in [0.2, 0.25) is 0 Å². The van der Waals surface area contributed by atoms with Crippen LogP contribution >= 0.6 is 0 Å². The molecule has 8 aromatic carbocycles. The molecule has 0 bridgehead atoms. The summed E-state index contributed by atoms with van der Waals surface area (Å²) >= 11 is 0. The number of benzene rings is 8. The second kappa shape index (κ2) is 12.7. The fourth-order valence-electron chi connectivity index (χ4n) is 5.68. The van der Waals surface area contributed by atoms with Crippen molar-refractivity contribution in [3.8, 4) is 67.5 Å². The summed E-state index contributed by atoms with van der Waals surface area (Å²) < 4.78 is 133. The number of aromatic nitrogens is 3. The van der Waals surface area contributed by atoms with Crippen LogP contribution in [0.4, 0.5) is 0 Å². The van der Waals surface area contributed by atoms with Crippen molar-refractivity contribution in [2.24, 2.45) is 0 Å². The highest BCUT2D eigenvalue weighted by atomic mass is 15.0. The van der Waals surface area contributed by atoms with E-state index in [4.69, 9.17) is 31.4 Å². The van der Waals surface area contributed by atoms with Crippen LogP contribution in [0, 0.1) is 0 Å². The zero-order valence-electron chi connectivity index (χ0n) is 41.1. The molecule has 3 heteroatoms. The fourth-order valence-corrected chi connectivity index (χ4v) is 5.68. The Morgan fingerprint density at radius 1 is 0.320 bits per heavy atom. The molecule has 0 aliphatic heterocycles. The van der Waals surface area contributed by atoms with Crippen molar-refractivity contribution in [2.45, 2.75) is 0 Å². The van der Waals surface area contributed by atoms with Crippen molar-refractivity contribution in [3.63, 3.8) is 0 Å². The van der Waals surface area contributed by atoms with Crippen LogP contribution in [-0.4, -0.2) is 15.0 Å². The van der Waals surface area contributed by atoms with Gasteiger partial charge >= 0.3 is 0 Å². The maximum absolute atomic E-state index is 9.60. The molecule has 0 fully saturated rings. The highest BCUT2D eigenvalue weighted by Gasteiger charge is 2.15. The Morgan fingerprint density at radius 2 is 0.880 bits per heavy atom. The van der Waals surface area contributed by atoms with Gasteiger partial charge in [-0.2, -0.15) is 0 Å². The molecular formula is C47H31N3. The van der Waals surface area contributed by atoms with Crippen LogP contribution in [0.3, 0.4) is 0 Å². The molecule has 0 spiro atoms. The molecule has 0 radical (unpaired) electrons. The number of hydrogen-bond acceptors (Lipinski definition) is 3. The van der Waals surface area contributed by atoms with Gasteiger partial charge in [-0.05, 0) is 73.1 Å². The van der Waals surface area contributed by atoms with E-state index < -0.39 is 124 Å². The maximum atomic E-state index is 9.60. The summed E-state index contributed by atoms with van der Waals surface area (Å²) in [5.41, 5.74) is 0.477. The zero-order valence-corrected chi connectivity index (χ0v) is 26.1. The second-order valence-electron chi connectivity index (χ2n) is 11.3. The summed E-state index contributed by atoms with van der Waals surface area (Å²) in [4.78, 5) is 14.4. The number of rotatable bonds is 6. The van der Waals surface area contributed by atoms with E-state index >= 15 is 0 Å². The molecule has 0 amide bonds. The van der Waals surface area contributed by atoms with Crippen molar-refractivity contribution in [1.82, 2.24) is 15.0 Å². The molecule has 9 rings (SSSR count). The highest BCUT2D eigenvalue weighted by molar-refractivity contribution is 5.95. The summed E-state index contributed by atoms with van der Waals surface area (Å²) in [6.07, 6.45) is 0. The molecule has 0 unspecified atom stereocenters. The van der Waals surface area contributed by atoms with E-state index in [1.165, 1.54) is 0 Å². The van der Waals surface area contributed by atoms with Gasteiger partial charge in [0.05, 0.1) is 20.6 Å². The standard InChI is InChI=1S/C47H31N3/c1-3-11-32(12-4-1)34-21-23-36(24-22-34)45-48-46(50-47(49-45)44-20-10-16-35-15-7-8-19-43(35)44)42-18-9-17-37(31-42)39-27-28-40-29-38(25-26-41(40)30-39)33-13-5-2-6-14-33/h1-31H/i2D,5D,6D,9D,13D,14D,17D,18D,25D,26D,27D,28D,29D,30D,31D. The van der Waals surface area contributed by atoms with Crippen molar-refractivity contribution in [2.75, 3.05) is 0 Å². The zero-order chi connectivity index (χ0) is 46.3. The van der Waals surface area contributed by atoms with Gasteiger partial charge in [-0.25, -0.2) is 15.0 Å². The Hall–Kier alpha value is -6.71. The van der Waals surface area contributed by atoms with Crippen molar-refractivity contribution in [3.05, 3.63) is 188 Å². The first-order valence-electron chi connectivity index (χ1n) is 23.1. The first-order valence-corrected chi connectivity index (χ1v) is 15.6. The minimum absolute atomic E-state index is 0.153. The van der Waals surface area contributed by atoms with Crippen LogP contribution in [0.15, 0.2) is 188 Å². The van der Waals surface area contributed by atoms with Crippen LogP contribution < -0.4 is 0 Å². The van der Waals surface area contributed by atoms with Crippen molar-refractivity contribution < 1.29 is 20.6 Å². The lowest BCUT2D eigenvalue weighted by atomic mass is 9.97. The summed E-state index contributed by atoms with van der Waals surface area (Å²) in [5.74, 6) is 0.0868. The van der Waals surface area contributed by atoms with Crippen LogP contribution in [-0.2, 0) is 0 Å². The molecule has 9 aromatic rings. The van der Waals surface area contributed by atoms with Crippen LogP contribution in [0.5, 0.6) is 0 Å². The molecule has 0 N–H and O–H groups in total. The first-order chi connectivity index (χ1) is 31.0. The van der Waals surface area contributed by atoms with Gasteiger partial charge < -0.3 is 0 Å². The summed E-state index contributed by atoms with van der Waals surface area (Å²) in [5, 5.41) is 0.659. The monoisotopic (exact) mass is 652 g/mol. The third-order valence-electron chi connectivity index (χ3n) is 8.14. The Labute approximate surface area is 312 Å².